The molecular weight excluding hydrogens is 426 g/mol. The SMILES string of the molecule is CC(C)(C)NC(=O)[C@@H]1C[C@@H]2CCCC[C@@H]2CN1C[C@H](O)CN[C@H](CO)c1ccc(Cl)cc1. The second-order valence-electron chi connectivity index (χ2n) is 10.6. The molecule has 0 aromatic heterocycles. The Morgan fingerprint density at radius 2 is 1.84 bits per heavy atom. The van der Waals surface area contributed by atoms with E-state index in [1.807, 2.05) is 32.9 Å². The molecule has 6 nitrogen and oxygen atoms in total. The van der Waals surface area contributed by atoms with Crippen LogP contribution >= 0.6 is 11.6 Å². The van der Waals surface area contributed by atoms with Gasteiger partial charge in [-0.25, -0.2) is 0 Å². The van der Waals surface area contributed by atoms with E-state index in [-0.39, 0.29) is 30.1 Å². The summed E-state index contributed by atoms with van der Waals surface area (Å²) >= 11 is 5.96. The van der Waals surface area contributed by atoms with Gasteiger partial charge in [0, 0.05) is 30.2 Å². The number of amides is 1. The Bertz CT molecular complexity index is 737. The summed E-state index contributed by atoms with van der Waals surface area (Å²) in [6, 6.07) is 6.88. The zero-order valence-electron chi connectivity index (χ0n) is 19.7. The number of hydrogen-bond donors (Lipinski definition) is 4. The molecule has 5 atom stereocenters. The topological polar surface area (TPSA) is 84.8 Å². The number of carbonyl (C=O) groups is 1. The second kappa shape index (κ2) is 11.3. The van der Waals surface area contributed by atoms with E-state index in [1.54, 1.807) is 12.1 Å². The number of rotatable bonds is 8. The van der Waals surface area contributed by atoms with Gasteiger partial charge >= 0.3 is 0 Å². The van der Waals surface area contributed by atoms with Crippen LogP contribution in [0.15, 0.2) is 24.3 Å². The largest absolute Gasteiger partial charge is 0.394 e. The van der Waals surface area contributed by atoms with Gasteiger partial charge in [-0.1, -0.05) is 43.0 Å². The molecule has 0 radical (unpaired) electrons. The van der Waals surface area contributed by atoms with Crippen molar-refractivity contribution in [2.45, 2.75) is 76.6 Å². The molecule has 0 bridgehead atoms. The summed E-state index contributed by atoms with van der Waals surface area (Å²) in [5.74, 6) is 1.28. The van der Waals surface area contributed by atoms with Gasteiger partial charge < -0.3 is 20.8 Å². The number of nitrogens with one attached hydrogen (secondary N) is 2. The standard InChI is InChI=1S/C25H40ClN3O3/c1-25(2,3)28-24(32)23-12-18-6-4-5-7-19(18)14-29(23)15-21(31)13-27-22(16-30)17-8-10-20(26)11-9-17/h8-11,18-19,21-23,27,30-31H,4-7,12-16H2,1-3H3,(H,28,32)/t18-,19+,21+,22+,23-/m0/s1. The van der Waals surface area contributed by atoms with E-state index in [2.05, 4.69) is 15.5 Å². The summed E-state index contributed by atoms with van der Waals surface area (Å²) in [5.41, 5.74) is 0.647. The number of piperidine rings is 1. The number of β-amino-alcohol motifs (C(OH)–C–C–N with tert-alkyl or cyclic N) is 1. The summed E-state index contributed by atoms with van der Waals surface area (Å²) in [6.07, 6.45) is 5.18. The fourth-order valence-corrected chi connectivity index (χ4v) is 5.35. The Balaban J connectivity index is 1.62. The number of hydrogen-bond acceptors (Lipinski definition) is 5. The molecule has 1 saturated heterocycles. The second-order valence-corrected chi connectivity index (χ2v) is 11.0. The Kier molecular flexibility index (Phi) is 8.98. The van der Waals surface area contributed by atoms with Crippen molar-refractivity contribution in [1.29, 1.82) is 0 Å². The first-order valence-electron chi connectivity index (χ1n) is 12.0. The number of aliphatic hydroxyl groups excluding tert-OH is 2. The minimum atomic E-state index is -0.638. The summed E-state index contributed by atoms with van der Waals surface area (Å²) in [6.45, 7) is 7.59. The van der Waals surface area contributed by atoms with Gasteiger partial charge in [0.15, 0.2) is 0 Å². The quantitative estimate of drug-likeness (QED) is 0.474. The molecule has 1 aliphatic carbocycles. The molecule has 7 heteroatoms. The Labute approximate surface area is 197 Å². The van der Waals surface area contributed by atoms with Crippen molar-refractivity contribution in [3.63, 3.8) is 0 Å². The molecule has 1 aromatic rings. The van der Waals surface area contributed by atoms with Crippen molar-refractivity contribution in [3.05, 3.63) is 34.9 Å². The molecule has 0 spiro atoms. The molecule has 2 aliphatic rings. The van der Waals surface area contributed by atoms with E-state index in [0.29, 0.717) is 29.9 Å². The van der Waals surface area contributed by atoms with Crippen LogP contribution in [0, 0.1) is 11.8 Å². The third kappa shape index (κ3) is 7.16. The van der Waals surface area contributed by atoms with E-state index in [0.717, 1.165) is 18.5 Å². The van der Waals surface area contributed by atoms with Crippen molar-refractivity contribution in [3.8, 4) is 0 Å². The molecule has 0 unspecified atom stereocenters. The Morgan fingerprint density at radius 3 is 2.47 bits per heavy atom. The monoisotopic (exact) mass is 465 g/mol. The molecule has 1 amide bonds. The number of fused-ring (bicyclic) bond motifs is 1. The number of aliphatic hydroxyl groups is 2. The Hall–Kier alpha value is -1.18. The normalized spacial score (nSPS) is 26.2. The van der Waals surface area contributed by atoms with Gasteiger partial charge in [-0.2, -0.15) is 0 Å². The van der Waals surface area contributed by atoms with E-state index in [4.69, 9.17) is 11.6 Å². The van der Waals surface area contributed by atoms with Crippen LogP contribution in [0.3, 0.4) is 0 Å². The first kappa shape index (κ1) is 25.4. The molecular formula is C25H40ClN3O3. The maximum absolute atomic E-state index is 13.1. The van der Waals surface area contributed by atoms with Crippen molar-refractivity contribution >= 4 is 17.5 Å². The van der Waals surface area contributed by atoms with E-state index >= 15 is 0 Å². The zero-order chi connectivity index (χ0) is 23.3. The molecule has 180 valence electrons. The molecule has 4 N–H and O–H groups in total. The third-order valence-corrected chi connectivity index (χ3v) is 7.06. The van der Waals surface area contributed by atoms with Crippen LogP contribution in [0.25, 0.3) is 0 Å². The van der Waals surface area contributed by atoms with Gasteiger partial charge in [0.05, 0.1) is 24.8 Å². The highest BCUT2D eigenvalue weighted by molar-refractivity contribution is 6.30. The summed E-state index contributed by atoms with van der Waals surface area (Å²) in [4.78, 5) is 15.3. The fraction of sp³-hybridized carbons (Fsp3) is 0.720. The van der Waals surface area contributed by atoms with Crippen molar-refractivity contribution < 1.29 is 15.0 Å². The number of carbonyl (C=O) groups excluding carboxylic acids is 1. The minimum Gasteiger partial charge on any atom is -0.394 e. The molecule has 2 fully saturated rings. The van der Waals surface area contributed by atoms with Gasteiger partial charge in [-0.05, 0) is 63.1 Å². The van der Waals surface area contributed by atoms with Crippen molar-refractivity contribution in [1.82, 2.24) is 15.5 Å². The van der Waals surface area contributed by atoms with Crippen LogP contribution in [-0.4, -0.2) is 64.9 Å². The molecule has 1 heterocycles. The van der Waals surface area contributed by atoms with Crippen LogP contribution in [-0.2, 0) is 4.79 Å². The molecule has 1 saturated carbocycles. The van der Waals surface area contributed by atoms with Gasteiger partial charge in [-0.15, -0.1) is 0 Å². The van der Waals surface area contributed by atoms with E-state index in [9.17, 15) is 15.0 Å². The predicted molar refractivity (Wildman–Crippen MR) is 129 cm³/mol. The van der Waals surface area contributed by atoms with Gasteiger partial charge in [0.1, 0.15) is 0 Å². The van der Waals surface area contributed by atoms with Crippen LogP contribution < -0.4 is 10.6 Å². The van der Waals surface area contributed by atoms with Crippen LogP contribution in [0.2, 0.25) is 5.02 Å². The lowest BCUT2D eigenvalue weighted by Crippen LogP contribution is -2.59. The summed E-state index contributed by atoms with van der Waals surface area (Å²) in [7, 11) is 0. The highest BCUT2D eigenvalue weighted by Gasteiger charge is 2.41. The van der Waals surface area contributed by atoms with Crippen LogP contribution in [0.1, 0.15) is 64.5 Å². The van der Waals surface area contributed by atoms with Gasteiger partial charge in [-0.3, -0.25) is 9.69 Å². The van der Waals surface area contributed by atoms with E-state index < -0.39 is 6.10 Å². The lowest BCUT2D eigenvalue weighted by atomic mass is 9.72. The maximum atomic E-state index is 13.1. The first-order chi connectivity index (χ1) is 15.2. The molecule has 3 rings (SSSR count). The summed E-state index contributed by atoms with van der Waals surface area (Å²) < 4.78 is 0. The molecule has 32 heavy (non-hydrogen) atoms. The lowest BCUT2D eigenvalue weighted by molar-refractivity contribution is -0.132. The van der Waals surface area contributed by atoms with Crippen molar-refractivity contribution in [2.75, 3.05) is 26.2 Å². The lowest BCUT2D eigenvalue weighted by Gasteiger charge is -2.46. The smallest absolute Gasteiger partial charge is 0.237 e. The van der Waals surface area contributed by atoms with Crippen LogP contribution in [0.5, 0.6) is 0 Å². The zero-order valence-corrected chi connectivity index (χ0v) is 20.4. The first-order valence-corrected chi connectivity index (χ1v) is 12.4. The predicted octanol–water partition coefficient (Wildman–Crippen LogP) is 3.12. The highest BCUT2D eigenvalue weighted by atomic mass is 35.5. The third-order valence-electron chi connectivity index (χ3n) is 6.80. The average molecular weight is 466 g/mol. The summed E-state index contributed by atoms with van der Waals surface area (Å²) in [5, 5.41) is 27.7. The van der Waals surface area contributed by atoms with Gasteiger partial charge in [0.25, 0.3) is 0 Å². The van der Waals surface area contributed by atoms with E-state index in [1.165, 1.54) is 25.7 Å². The average Bonchev–Trinajstić information content (AvgIpc) is 2.73. The maximum Gasteiger partial charge on any atom is 0.237 e. The molecule has 1 aliphatic heterocycles. The number of halogens is 1. The highest BCUT2D eigenvalue weighted by Crippen LogP contribution is 2.38. The minimum absolute atomic E-state index is 0.0658. The fourth-order valence-electron chi connectivity index (χ4n) is 5.22. The van der Waals surface area contributed by atoms with Gasteiger partial charge in [0.2, 0.25) is 5.91 Å². The molecule has 1 aromatic carbocycles. The Morgan fingerprint density at radius 1 is 1.19 bits per heavy atom. The number of likely N-dealkylation sites (tertiary alicyclic amines) is 1. The van der Waals surface area contributed by atoms with Crippen LogP contribution in [0.4, 0.5) is 0 Å². The number of benzene rings is 1. The number of nitrogens with zero attached hydrogens (tertiary/aromatic N) is 1. The van der Waals surface area contributed by atoms with Crippen molar-refractivity contribution in [2.24, 2.45) is 11.8 Å².